The summed E-state index contributed by atoms with van der Waals surface area (Å²) < 4.78 is 16.2. The van der Waals surface area contributed by atoms with Crippen LogP contribution in [0.4, 0.5) is 5.69 Å². The van der Waals surface area contributed by atoms with Crippen LogP contribution in [0.25, 0.3) is 10.8 Å². The fourth-order valence-electron chi connectivity index (χ4n) is 2.82. The van der Waals surface area contributed by atoms with Gasteiger partial charge in [-0.1, -0.05) is 12.1 Å². The van der Waals surface area contributed by atoms with Crippen LogP contribution in [0.2, 0.25) is 0 Å². The quantitative estimate of drug-likeness (QED) is 0.789. The zero-order chi connectivity index (χ0) is 17.2. The van der Waals surface area contributed by atoms with Crippen LogP contribution in [0.15, 0.2) is 54.6 Å². The van der Waals surface area contributed by atoms with E-state index in [0.29, 0.717) is 30.3 Å². The Kier molecular flexibility index (Phi) is 3.90. The first-order chi connectivity index (χ1) is 12.2. The fraction of sp³-hybridized carbons (Fsp3) is 0.150. The van der Waals surface area contributed by atoms with Crippen molar-refractivity contribution in [2.75, 3.05) is 25.6 Å². The summed E-state index contributed by atoms with van der Waals surface area (Å²) in [6, 6.07) is 16.8. The molecule has 25 heavy (non-hydrogen) atoms. The number of rotatable bonds is 3. The largest absolute Gasteiger partial charge is 0.497 e. The van der Waals surface area contributed by atoms with Gasteiger partial charge >= 0.3 is 0 Å². The number of methoxy groups -OCH3 is 1. The Morgan fingerprint density at radius 1 is 0.920 bits per heavy atom. The first kappa shape index (κ1) is 15.3. The molecule has 1 amide bonds. The Labute approximate surface area is 145 Å². The molecule has 5 nitrogen and oxygen atoms in total. The first-order valence-electron chi connectivity index (χ1n) is 8.02. The summed E-state index contributed by atoms with van der Waals surface area (Å²) in [7, 11) is 1.64. The van der Waals surface area contributed by atoms with Gasteiger partial charge in [0.2, 0.25) is 0 Å². The van der Waals surface area contributed by atoms with E-state index >= 15 is 0 Å². The number of amides is 1. The standard InChI is InChI=1S/C20H17NO4/c1-23-17-6-3-13-10-16(5-2-14(13)11-17)21-20(22)15-4-7-18-19(12-15)25-9-8-24-18/h2-7,10-12H,8-9H2,1H3,(H,21,22). The van der Waals surface area contributed by atoms with Gasteiger partial charge in [-0.15, -0.1) is 0 Å². The van der Waals surface area contributed by atoms with E-state index in [9.17, 15) is 4.79 Å². The lowest BCUT2D eigenvalue weighted by Crippen LogP contribution is -2.17. The first-order valence-corrected chi connectivity index (χ1v) is 8.02. The highest BCUT2D eigenvalue weighted by Crippen LogP contribution is 2.31. The van der Waals surface area contributed by atoms with Crippen LogP contribution in [0.5, 0.6) is 17.2 Å². The van der Waals surface area contributed by atoms with Gasteiger partial charge in [-0.05, 0) is 53.2 Å². The molecular formula is C20H17NO4. The number of ether oxygens (including phenoxy) is 3. The average molecular weight is 335 g/mol. The fourth-order valence-corrected chi connectivity index (χ4v) is 2.82. The summed E-state index contributed by atoms with van der Waals surface area (Å²) >= 11 is 0. The Morgan fingerprint density at radius 2 is 1.68 bits per heavy atom. The van der Waals surface area contributed by atoms with Gasteiger partial charge in [0, 0.05) is 11.3 Å². The smallest absolute Gasteiger partial charge is 0.255 e. The summed E-state index contributed by atoms with van der Waals surface area (Å²) in [5, 5.41) is 5.00. The van der Waals surface area contributed by atoms with E-state index in [4.69, 9.17) is 14.2 Å². The zero-order valence-electron chi connectivity index (χ0n) is 13.7. The maximum atomic E-state index is 12.5. The SMILES string of the molecule is COc1ccc2cc(NC(=O)c3ccc4c(c3)OCCO4)ccc2c1. The average Bonchev–Trinajstić information content (AvgIpc) is 2.67. The van der Waals surface area contributed by atoms with Crippen molar-refractivity contribution < 1.29 is 19.0 Å². The number of fused-ring (bicyclic) bond motifs is 2. The van der Waals surface area contributed by atoms with E-state index in [0.717, 1.165) is 22.2 Å². The molecule has 0 saturated carbocycles. The summed E-state index contributed by atoms with van der Waals surface area (Å²) in [5.41, 5.74) is 1.26. The molecule has 0 aromatic heterocycles. The lowest BCUT2D eigenvalue weighted by atomic mass is 10.1. The molecule has 1 aliphatic rings. The number of hydrogen-bond donors (Lipinski definition) is 1. The topological polar surface area (TPSA) is 56.8 Å². The van der Waals surface area contributed by atoms with Crippen LogP contribution in [0.3, 0.4) is 0 Å². The molecule has 0 atom stereocenters. The van der Waals surface area contributed by atoms with E-state index in [-0.39, 0.29) is 5.91 Å². The van der Waals surface area contributed by atoms with Crippen molar-refractivity contribution in [1.82, 2.24) is 0 Å². The van der Waals surface area contributed by atoms with Gasteiger partial charge in [-0.2, -0.15) is 0 Å². The molecule has 5 heteroatoms. The highest BCUT2D eigenvalue weighted by molar-refractivity contribution is 6.05. The summed E-state index contributed by atoms with van der Waals surface area (Å²) in [4.78, 5) is 12.5. The van der Waals surface area contributed by atoms with E-state index < -0.39 is 0 Å². The number of benzene rings is 3. The molecule has 0 bridgehead atoms. The van der Waals surface area contributed by atoms with E-state index in [1.165, 1.54) is 0 Å². The van der Waals surface area contributed by atoms with Crippen LogP contribution < -0.4 is 19.5 Å². The molecule has 0 spiro atoms. The highest BCUT2D eigenvalue weighted by atomic mass is 16.6. The summed E-state index contributed by atoms with van der Waals surface area (Å²) in [5.74, 6) is 1.89. The van der Waals surface area contributed by atoms with Crippen molar-refractivity contribution >= 4 is 22.4 Å². The molecule has 3 aromatic carbocycles. The van der Waals surface area contributed by atoms with E-state index in [2.05, 4.69) is 5.32 Å². The van der Waals surface area contributed by atoms with Crippen LogP contribution in [0.1, 0.15) is 10.4 Å². The van der Waals surface area contributed by atoms with Crippen molar-refractivity contribution in [2.45, 2.75) is 0 Å². The molecule has 0 fully saturated rings. The van der Waals surface area contributed by atoms with Crippen molar-refractivity contribution in [3.8, 4) is 17.2 Å². The summed E-state index contributed by atoms with van der Waals surface area (Å²) in [6.45, 7) is 1.02. The van der Waals surface area contributed by atoms with Crippen LogP contribution in [-0.4, -0.2) is 26.2 Å². The molecule has 1 N–H and O–H groups in total. The van der Waals surface area contributed by atoms with Crippen LogP contribution in [0, 0.1) is 0 Å². The van der Waals surface area contributed by atoms with E-state index in [1.807, 2.05) is 36.4 Å². The third-order valence-electron chi connectivity index (χ3n) is 4.11. The third-order valence-corrected chi connectivity index (χ3v) is 4.11. The Balaban J connectivity index is 1.57. The van der Waals surface area contributed by atoms with Crippen molar-refractivity contribution in [1.29, 1.82) is 0 Å². The molecule has 0 unspecified atom stereocenters. The normalized spacial score (nSPS) is 12.7. The molecule has 0 saturated heterocycles. The number of anilines is 1. The zero-order valence-corrected chi connectivity index (χ0v) is 13.7. The molecule has 4 rings (SSSR count). The Hall–Kier alpha value is -3.21. The Bertz CT molecular complexity index is 952. The minimum Gasteiger partial charge on any atom is -0.497 e. The number of carbonyl (C=O) groups excluding carboxylic acids is 1. The molecule has 1 heterocycles. The second-order valence-corrected chi connectivity index (χ2v) is 5.74. The lowest BCUT2D eigenvalue weighted by molar-refractivity contribution is 0.102. The molecule has 1 aliphatic heterocycles. The molecule has 0 radical (unpaired) electrons. The van der Waals surface area contributed by atoms with Crippen molar-refractivity contribution in [3.05, 3.63) is 60.2 Å². The van der Waals surface area contributed by atoms with Gasteiger partial charge in [-0.25, -0.2) is 0 Å². The molecule has 3 aromatic rings. The number of nitrogens with one attached hydrogen (secondary N) is 1. The van der Waals surface area contributed by atoms with Crippen molar-refractivity contribution in [2.24, 2.45) is 0 Å². The maximum Gasteiger partial charge on any atom is 0.255 e. The highest BCUT2D eigenvalue weighted by Gasteiger charge is 2.15. The second-order valence-electron chi connectivity index (χ2n) is 5.74. The number of carbonyl (C=O) groups is 1. The Morgan fingerprint density at radius 3 is 2.52 bits per heavy atom. The minimum absolute atomic E-state index is 0.190. The van der Waals surface area contributed by atoms with Gasteiger partial charge in [-0.3, -0.25) is 4.79 Å². The van der Waals surface area contributed by atoms with Crippen molar-refractivity contribution in [3.63, 3.8) is 0 Å². The molecule has 126 valence electrons. The lowest BCUT2D eigenvalue weighted by Gasteiger charge is -2.18. The molecule has 0 aliphatic carbocycles. The number of hydrogen-bond acceptors (Lipinski definition) is 4. The van der Waals surface area contributed by atoms with Crippen LogP contribution in [-0.2, 0) is 0 Å². The third kappa shape index (κ3) is 3.08. The molecular weight excluding hydrogens is 318 g/mol. The van der Waals surface area contributed by atoms with E-state index in [1.54, 1.807) is 25.3 Å². The van der Waals surface area contributed by atoms with Gasteiger partial charge in [0.15, 0.2) is 11.5 Å². The predicted molar refractivity (Wildman–Crippen MR) is 95.9 cm³/mol. The maximum absolute atomic E-state index is 12.5. The van der Waals surface area contributed by atoms with Gasteiger partial charge < -0.3 is 19.5 Å². The second kappa shape index (κ2) is 6.36. The van der Waals surface area contributed by atoms with Crippen LogP contribution >= 0.6 is 0 Å². The predicted octanol–water partition coefficient (Wildman–Crippen LogP) is 3.87. The van der Waals surface area contributed by atoms with Gasteiger partial charge in [0.05, 0.1) is 7.11 Å². The van der Waals surface area contributed by atoms with Gasteiger partial charge in [0.1, 0.15) is 19.0 Å². The minimum atomic E-state index is -0.190. The monoisotopic (exact) mass is 335 g/mol. The van der Waals surface area contributed by atoms with Gasteiger partial charge in [0.25, 0.3) is 5.91 Å². The summed E-state index contributed by atoms with van der Waals surface area (Å²) in [6.07, 6.45) is 0.